The number of ether oxygens (including phenoxy) is 2. The van der Waals surface area contributed by atoms with E-state index in [1.165, 1.54) is 17.0 Å². The number of Topliss-reactive ketones (excluding diaryl/α,β-unsaturated/α-hetero) is 1. The summed E-state index contributed by atoms with van der Waals surface area (Å²) in [5.74, 6) is -1.09. The number of nitro benzene ring substituents is 1. The number of thiophene rings is 1. The SMILES string of the molecule is Cc1cc(C(=O)COC(=O)c2cc([N+](=O)[O-])ccc2N2CCOCC2)c(C)n1Cc1cccs1. The minimum atomic E-state index is -0.772. The molecule has 0 saturated carbocycles. The van der Waals surface area contributed by atoms with E-state index in [1.54, 1.807) is 23.5 Å². The molecule has 3 aromatic rings. The molecule has 0 spiro atoms. The van der Waals surface area contributed by atoms with E-state index in [0.717, 1.165) is 11.4 Å². The predicted octanol–water partition coefficient (Wildman–Crippen LogP) is 4.00. The zero-order valence-electron chi connectivity index (χ0n) is 19.0. The number of morpholine rings is 1. The summed E-state index contributed by atoms with van der Waals surface area (Å²) in [6.45, 7) is 6.09. The average Bonchev–Trinajstić information content (AvgIpc) is 3.46. The van der Waals surface area contributed by atoms with E-state index in [1.807, 2.05) is 36.3 Å². The Balaban J connectivity index is 1.51. The van der Waals surface area contributed by atoms with Crippen LogP contribution in [0.25, 0.3) is 0 Å². The molecule has 178 valence electrons. The first kappa shape index (κ1) is 23.7. The number of anilines is 1. The van der Waals surface area contributed by atoms with Gasteiger partial charge in [-0.25, -0.2) is 4.79 Å². The van der Waals surface area contributed by atoms with Gasteiger partial charge >= 0.3 is 5.97 Å². The molecule has 0 atom stereocenters. The van der Waals surface area contributed by atoms with Gasteiger partial charge in [0.15, 0.2) is 6.61 Å². The molecule has 0 amide bonds. The van der Waals surface area contributed by atoms with Gasteiger partial charge in [0.25, 0.3) is 5.69 Å². The van der Waals surface area contributed by atoms with Crippen LogP contribution in [0.2, 0.25) is 0 Å². The van der Waals surface area contributed by atoms with Gasteiger partial charge in [-0.3, -0.25) is 14.9 Å². The lowest BCUT2D eigenvalue weighted by Crippen LogP contribution is -2.37. The Morgan fingerprint density at radius 2 is 1.91 bits per heavy atom. The van der Waals surface area contributed by atoms with E-state index in [-0.39, 0.29) is 17.0 Å². The van der Waals surface area contributed by atoms with Crippen LogP contribution >= 0.6 is 11.3 Å². The second-order valence-electron chi connectivity index (χ2n) is 8.01. The van der Waals surface area contributed by atoms with Gasteiger partial charge in [-0.05, 0) is 37.4 Å². The van der Waals surface area contributed by atoms with Gasteiger partial charge in [0.1, 0.15) is 0 Å². The minimum absolute atomic E-state index is 0.0621. The van der Waals surface area contributed by atoms with Crippen LogP contribution in [0.15, 0.2) is 41.8 Å². The van der Waals surface area contributed by atoms with Crippen molar-refractivity contribution in [2.45, 2.75) is 20.4 Å². The monoisotopic (exact) mass is 483 g/mol. The number of hydrogen-bond donors (Lipinski definition) is 0. The third kappa shape index (κ3) is 5.02. The lowest BCUT2D eigenvalue weighted by atomic mass is 10.1. The summed E-state index contributed by atoms with van der Waals surface area (Å²) in [6.07, 6.45) is 0. The maximum Gasteiger partial charge on any atom is 0.340 e. The molecule has 4 rings (SSSR count). The molecule has 9 nitrogen and oxygen atoms in total. The summed E-state index contributed by atoms with van der Waals surface area (Å²) >= 11 is 1.65. The van der Waals surface area contributed by atoms with Crippen molar-refractivity contribution in [1.29, 1.82) is 0 Å². The zero-order chi connectivity index (χ0) is 24.2. The summed E-state index contributed by atoms with van der Waals surface area (Å²) in [4.78, 5) is 39.6. The van der Waals surface area contributed by atoms with E-state index in [0.29, 0.717) is 44.1 Å². The van der Waals surface area contributed by atoms with Crippen LogP contribution in [0, 0.1) is 24.0 Å². The number of hydrogen-bond acceptors (Lipinski definition) is 8. The Bertz CT molecular complexity index is 1210. The van der Waals surface area contributed by atoms with E-state index in [4.69, 9.17) is 9.47 Å². The fourth-order valence-corrected chi connectivity index (χ4v) is 4.75. The van der Waals surface area contributed by atoms with Crippen molar-refractivity contribution in [3.8, 4) is 0 Å². The minimum Gasteiger partial charge on any atom is -0.454 e. The van der Waals surface area contributed by atoms with Crippen molar-refractivity contribution in [3.05, 3.63) is 79.3 Å². The van der Waals surface area contributed by atoms with Crippen LogP contribution in [0.3, 0.4) is 0 Å². The van der Waals surface area contributed by atoms with Gasteiger partial charge in [0, 0.05) is 47.1 Å². The van der Waals surface area contributed by atoms with Crippen LogP contribution in [0.5, 0.6) is 0 Å². The van der Waals surface area contributed by atoms with Crippen LogP contribution in [0.1, 0.15) is 37.0 Å². The molecule has 1 aliphatic heterocycles. The normalized spacial score (nSPS) is 13.6. The van der Waals surface area contributed by atoms with Gasteiger partial charge < -0.3 is 18.9 Å². The fraction of sp³-hybridized carbons (Fsp3) is 0.333. The third-order valence-electron chi connectivity index (χ3n) is 5.87. The summed E-state index contributed by atoms with van der Waals surface area (Å²) in [5, 5.41) is 13.3. The predicted molar refractivity (Wildman–Crippen MR) is 128 cm³/mol. The Kier molecular flexibility index (Phi) is 7.09. The van der Waals surface area contributed by atoms with E-state index in [2.05, 4.69) is 4.57 Å². The number of aryl methyl sites for hydroxylation is 1. The first-order valence-electron chi connectivity index (χ1n) is 10.9. The molecule has 1 saturated heterocycles. The number of nitro groups is 1. The number of ketones is 1. The lowest BCUT2D eigenvalue weighted by molar-refractivity contribution is -0.384. The van der Waals surface area contributed by atoms with Gasteiger partial charge in [0.2, 0.25) is 5.78 Å². The highest BCUT2D eigenvalue weighted by atomic mass is 32.1. The number of nitrogens with zero attached hydrogens (tertiary/aromatic N) is 3. The Labute approximate surface area is 200 Å². The van der Waals surface area contributed by atoms with Gasteiger partial charge in [-0.1, -0.05) is 6.07 Å². The van der Waals surface area contributed by atoms with Gasteiger partial charge in [-0.2, -0.15) is 0 Å². The summed E-state index contributed by atoms with van der Waals surface area (Å²) in [5.41, 5.74) is 2.61. The maximum atomic E-state index is 12.9. The van der Waals surface area contributed by atoms with Crippen LogP contribution in [-0.4, -0.2) is 54.2 Å². The van der Waals surface area contributed by atoms with Crippen molar-refractivity contribution >= 4 is 34.5 Å². The maximum absolute atomic E-state index is 12.9. The molecule has 1 aromatic carbocycles. The molecule has 0 N–H and O–H groups in total. The second kappa shape index (κ2) is 10.2. The van der Waals surface area contributed by atoms with Crippen molar-refractivity contribution in [2.24, 2.45) is 0 Å². The van der Waals surface area contributed by atoms with Gasteiger partial charge in [0.05, 0.1) is 35.9 Å². The first-order chi connectivity index (χ1) is 16.3. The van der Waals surface area contributed by atoms with Crippen molar-refractivity contribution in [2.75, 3.05) is 37.8 Å². The molecule has 0 radical (unpaired) electrons. The Hall–Kier alpha value is -3.50. The smallest absolute Gasteiger partial charge is 0.340 e. The number of carbonyl (C=O) groups is 2. The van der Waals surface area contributed by atoms with E-state index in [9.17, 15) is 19.7 Å². The number of non-ortho nitro benzene ring substituents is 1. The quantitative estimate of drug-likeness (QED) is 0.206. The Morgan fingerprint density at radius 1 is 1.15 bits per heavy atom. The number of benzene rings is 1. The van der Waals surface area contributed by atoms with Crippen LogP contribution in [0.4, 0.5) is 11.4 Å². The fourth-order valence-electron chi connectivity index (χ4n) is 4.05. The first-order valence-corrected chi connectivity index (χ1v) is 11.7. The molecule has 10 heteroatoms. The molecule has 34 heavy (non-hydrogen) atoms. The summed E-state index contributed by atoms with van der Waals surface area (Å²) in [7, 11) is 0. The van der Waals surface area contributed by atoms with E-state index >= 15 is 0 Å². The molecule has 1 aliphatic rings. The highest BCUT2D eigenvalue weighted by molar-refractivity contribution is 7.09. The third-order valence-corrected chi connectivity index (χ3v) is 6.73. The number of rotatable bonds is 8. The summed E-state index contributed by atoms with van der Waals surface area (Å²) in [6, 6.07) is 9.92. The topological polar surface area (TPSA) is 104 Å². The van der Waals surface area contributed by atoms with Gasteiger partial charge in [-0.15, -0.1) is 11.3 Å². The highest BCUT2D eigenvalue weighted by Crippen LogP contribution is 2.27. The Morgan fingerprint density at radius 3 is 2.59 bits per heavy atom. The molecule has 1 fully saturated rings. The molecule has 0 unspecified atom stereocenters. The molecule has 3 heterocycles. The molecular weight excluding hydrogens is 458 g/mol. The van der Waals surface area contributed by atoms with Crippen LogP contribution in [-0.2, 0) is 16.0 Å². The molecular formula is C24H25N3O6S. The van der Waals surface area contributed by atoms with Crippen molar-refractivity contribution < 1.29 is 24.0 Å². The van der Waals surface area contributed by atoms with Crippen molar-refractivity contribution in [3.63, 3.8) is 0 Å². The average molecular weight is 484 g/mol. The number of carbonyl (C=O) groups excluding carboxylic acids is 2. The van der Waals surface area contributed by atoms with Crippen molar-refractivity contribution in [1.82, 2.24) is 4.57 Å². The summed E-state index contributed by atoms with van der Waals surface area (Å²) < 4.78 is 12.8. The van der Waals surface area contributed by atoms with Crippen LogP contribution < -0.4 is 4.90 Å². The largest absolute Gasteiger partial charge is 0.454 e. The zero-order valence-corrected chi connectivity index (χ0v) is 19.8. The molecule has 2 aromatic heterocycles. The molecule has 0 aliphatic carbocycles. The number of esters is 1. The van der Waals surface area contributed by atoms with E-state index < -0.39 is 17.5 Å². The standard InChI is InChI=1S/C24H25N3O6S/c1-16-12-20(17(2)26(16)14-19-4-3-11-34-19)23(28)15-33-24(29)21-13-18(27(30)31)5-6-22(21)25-7-9-32-10-8-25/h3-6,11-13H,7-10,14-15H2,1-2H3. The highest BCUT2D eigenvalue weighted by Gasteiger charge is 2.24. The second-order valence-corrected chi connectivity index (χ2v) is 9.04. The number of aromatic nitrogens is 1. The lowest BCUT2D eigenvalue weighted by Gasteiger charge is -2.30. The molecule has 0 bridgehead atoms.